The third-order valence-corrected chi connectivity index (χ3v) is 8.10. The van der Waals surface area contributed by atoms with E-state index >= 15 is 0 Å². The quantitative estimate of drug-likeness (QED) is 0.605. The highest BCUT2D eigenvalue weighted by Gasteiger charge is 2.29. The van der Waals surface area contributed by atoms with Gasteiger partial charge in [0.2, 0.25) is 5.91 Å². The van der Waals surface area contributed by atoms with Crippen molar-refractivity contribution in [2.24, 2.45) is 5.92 Å². The summed E-state index contributed by atoms with van der Waals surface area (Å²) in [6.07, 6.45) is 5.52. The lowest BCUT2D eigenvalue weighted by atomic mass is 9.88. The maximum absolute atomic E-state index is 13.2. The molecule has 0 spiro atoms. The van der Waals surface area contributed by atoms with Crippen LogP contribution in [0.3, 0.4) is 0 Å². The smallest absolute Gasteiger partial charge is 0.255 e. The summed E-state index contributed by atoms with van der Waals surface area (Å²) in [6, 6.07) is 12.3. The Balaban J connectivity index is 1.35. The van der Waals surface area contributed by atoms with Gasteiger partial charge >= 0.3 is 0 Å². The fourth-order valence-corrected chi connectivity index (χ4v) is 5.89. The highest BCUT2D eigenvalue weighted by molar-refractivity contribution is 6.31. The van der Waals surface area contributed by atoms with E-state index in [0.717, 1.165) is 44.5 Å². The Morgan fingerprint density at radius 2 is 1.55 bits per heavy atom. The van der Waals surface area contributed by atoms with Gasteiger partial charge in [-0.05, 0) is 49.2 Å². The van der Waals surface area contributed by atoms with Gasteiger partial charge in [-0.25, -0.2) is 0 Å². The maximum atomic E-state index is 13.2. The monoisotopic (exact) mass is 537 g/mol. The number of nitrogens with zero attached hydrogens (tertiary/aromatic N) is 3. The maximum Gasteiger partial charge on any atom is 0.255 e. The molecule has 2 heterocycles. The van der Waals surface area contributed by atoms with Crippen LogP contribution in [0.15, 0.2) is 42.5 Å². The highest BCUT2D eigenvalue weighted by Crippen LogP contribution is 2.31. The van der Waals surface area contributed by atoms with Gasteiger partial charge in [-0.15, -0.1) is 0 Å². The summed E-state index contributed by atoms with van der Waals surface area (Å²) in [5, 5.41) is 6.79. The Morgan fingerprint density at radius 1 is 0.816 bits per heavy atom. The average Bonchev–Trinajstić information content (AvgIpc) is 2.97. The first-order valence-corrected chi connectivity index (χ1v) is 14.1. The molecule has 0 unspecified atom stereocenters. The zero-order valence-corrected chi connectivity index (χ0v) is 22.5. The Hall–Kier alpha value is -3.10. The van der Waals surface area contributed by atoms with Crippen molar-refractivity contribution in [2.75, 3.05) is 62.6 Å². The SMILES string of the molecule is O=C(Nc1cc(C(=O)N2CCNCC2)ccc1N1CCN(C(=O)C2CCCCC2)CC1)c1cccc(Cl)c1. The lowest BCUT2D eigenvalue weighted by Crippen LogP contribution is -2.50. The number of rotatable bonds is 5. The molecule has 3 aliphatic rings. The lowest BCUT2D eigenvalue weighted by molar-refractivity contribution is -0.136. The molecule has 38 heavy (non-hydrogen) atoms. The van der Waals surface area contributed by atoms with Gasteiger partial charge in [0.15, 0.2) is 0 Å². The second kappa shape index (κ2) is 12.2. The van der Waals surface area contributed by atoms with Gasteiger partial charge in [0.05, 0.1) is 11.4 Å². The molecule has 0 atom stereocenters. The average molecular weight is 538 g/mol. The van der Waals surface area contributed by atoms with Crippen molar-refractivity contribution in [2.45, 2.75) is 32.1 Å². The molecular weight excluding hydrogens is 502 g/mol. The van der Waals surface area contributed by atoms with Crippen LogP contribution in [-0.2, 0) is 4.79 Å². The first-order chi connectivity index (χ1) is 18.5. The Kier molecular flexibility index (Phi) is 8.49. The van der Waals surface area contributed by atoms with Crippen LogP contribution in [0.4, 0.5) is 11.4 Å². The van der Waals surface area contributed by atoms with Crippen LogP contribution in [0.5, 0.6) is 0 Å². The minimum absolute atomic E-state index is 0.0424. The normalized spacial score (nSPS) is 18.8. The van der Waals surface area contributed by atoms with E-state index in [-0.39, 0.29) is 23.6 Å². The van der Waals surface area contributed by atoms with Crippen molar-refractivity contribution in [3.63, 3.8) is 0 Å². The van der Waals surface area contributed by atoms with E-state index in [9.17, 15) is 14.4 Å². The molecule has 2 saturated heterocycles. The van der Waals surface area contributed by atoms with Gasteiger partial charge in [-0.2, -0.15) is 0 Å². The predicted octanol–water partition coefficient (Wildman–Crippen LogP) is 3.87. The summed E-state index contributed by atoms with van der Waals surface area (Å²) in [6.45, 7) is 5.49. The van der Waals surface area contributed by atoms with Crippen molar-refractivity contribution in [3.8, 4) is 0 Å². The van der Waals surface area contributed by atoms with Crippen LogP contribution in [0.2, 0.25) is 5.02 Å². The predicted molar refractivity (Wildman–Crippen MR) is 150 cm³/mol. The molecule has 2 aromatic carbocycles. The number of anilines is 2. The summed E-state index contributed by atoms with van der Waals surface area (Å²) in [4.78, 5) is 45.5. The van der Waals surface area contributed by atoms with Crippen LogP contribution < -0.4 is 15.5 Å². The van der Waals surface area contributed by atoms with Gasteiger partial charge in [-0.3, -0.25) is 14.4 Å². The number of benzene rings is 2. The zero-order valence-electron chi connectivity index (χ0n) is 21.8. The van der Waals surface area contributed by atoms with Crippen LogP contribution in [0, 0.1) is 5.92 Å². The van der Waals surface area contributed by atoms with E-state index in [1.54, 1.807) is 30.3 Å². The molecule has 1 aliphatic carbocycles. The number of nitrogens with one attached hydrogen (secondary N) is 2. The number of carbonyl (C=O) groups is 3. The van der Waals surface area contributed by atoms with E-state index in [0.29, 0.717) is 61.1 Å². The molecule has 2 aromatic rings. The Morgan fingerprint density at radius 3 is 2.26 bits per heavy atom. The Labute approximate surface area is 229 Å². The topological polar surface area (TPSA) is 85.0 Å². The summed E-state index contributed by atoms with van der Waals surface area (Å²) in [5.74, 6) is 0.125. The number of hydrogen-bond acceptors (Lipinski definition) is 5. The first kappa shape index (κ1) is 26.5. The molecule has 5 rings (SSSR count). The fraction of sp³-hybridized carbons (Fsp3) is 0.483. The van der Waals surface area contributed by atoms with Crippen molar-refractivity contribution >= 4 is 40.7 Å². The molecule has 0 radical (unpaired) electrons. The van der Waals surface area contributed by atoms with Gasteiger partial charge in [0.1, 0.15) is 0 Å². The molecule has 0 aromatic heterocycles. The molecular formula is C29H36ClN5O3. The van der Waals surface area contributed by atoms with Gasteiger partial charge in [0, 0.05) is 74.4 Å². The summed E-state index contributed by atoms with van der Waals surface area (Å²) in [5.41, 5.74) is 2.43. The summed E-state index contributed by atoms with van der Waals surface area (Å²) >= 11 is 6.12. The molecule has 0 bridgehead atoms. The summed E-state index contributed by atoms with van der Waals surface area (Å²) < 4.78 is 0. The minimum atomic E-state index is -0.286. The van der Waals surface area contributed by atoms with E-state index < -0.39 is 0 Å². The number of carbonyl (C=O) groups excluding carboxylic acids is 3. The highest BCUT2D eigenvalue weighted by atomic mass is 35.5. The fourth-order valence-electron chi connectivity index (χ4n) is 5.70. The first-order valence-electron chi connectivity index (χ1n) is 13.7. The molecule has 1 saturated carbocycles. The van der Waals surface area contributed by atoms with Gasteiger partial charge in [-0.1, -0.05) is 36.9 Å². The molecule has 3 amide bonds. The molecule has 2 N–H and O–H groups in total. The van der Waals surface area contributed by atoms with Crippen molar-refractivity contribution in [3.05, 3.63) is 58.6 Å². The van der Waals surface area contributed by atoms with Crippen LogP contribution in [0.1, 0.15) is 52.8 Å². The Bertz CT molecular complexity index is 1170. The largest absolute Gasteiger partial charge is 0.366 e. The molecule has 3 fully saturated rings. The van der Waals surface area contributed by atoms with Crippen molar-refractivity contribution < 1.29 is 14.4 Å². The molecule has 202 valence electrons. The minimum Gasteiger partial charge on any atom is -0.366 e. The van der Waals surface area contributed by atoms with Gasteiger partial charge in [0.25, 0.3) is 11.8 Å². The van der Waals surface area contributed by atoms with E-state index in [2.05, 4.69) is 15.5 Å². The standard InChI is InChI=1S/C29H36ClN5O3/c30-24-8-4-7-22(19-24)27(36)32-25-20-23(29(38)34-13-11-31-12-14-34)9-10-26(25)33-15-17-35(18-16-33)28(37)21-5-2-1-3-6-21/h4,7-10,19-21,31H,1-3,5-6,11-18H2,(H,32,36). The van der Waals surface area contributed by atoms with Crippen LogP contribution in [-0.4, -0.2) is 79.9 Å². The summed E-state index contributed by atoms with van der Waals surface area (Å²) in [7, 11) is 0. The number of hydrogen-bond donors (Lipinski definition) is 2. The zero-order chi connectivity index (χ0) is 26.5. The van der Waals surface area contributed by atoms with Crippen molar-refractivity contribution in [1.29, 1.82) is 0 Å². The number of halogens is 1. The van der Waals surface area contributed by atoms with E-state index in [1.807, 2.05) is 21.9 Å². The molecule has 8 nitrogen and oxygen atoms in total. The number of piperazine rings is 2. The van der Waals surface area contributed by atoms with Crippen molar-refractivity contribution in [1.82, 2.24) is 15.1 Å². The molecule has 9 heteroatoms. The lowest BCUT2D eigenvalue weighted by Gasteiger charge is -2.39. The van der Waals surface area contributed by atoms with Gasteiger partial charge < -0.3 is 25.3 Å². The second-order valence-corrected chi connectivity index (χ2v) is 10.8. The van der Waals surface area contributed by atoms with Crippen LogP contribution >= 0.6 is 11.6 Å². The van der Waals surface area contributed by atoms with E-state index in [1.165, 1.54) is 6.42 Å². The number of amides is 3. The third-order valence-electron chi connectivity index (χ3n) is 7.87. The second-order valence-electron chi connectivity index (χ2n) is 10.4. The van der Waals surface area contributed by atoms with E-state index in [4.69, 9.17) is 11.6 Å². The molecule has 2 aliphatic heterocycles. The third kappa shape index (κ3) is 6.13. The van der Waals surface area contributed by atoms with Crippen LogP contribution in [0.25, 0.3) is 0 Å².